The van der Waals surface area contributed by atoms with E-state index in [0.29, 0.717) is 33.5 Å². The lowest BCUT2D eigenvalue weighted by molar-refractivity contribution is 0.145. The van der Waals surface area contributed by atoms with Crippen LogP contribution in [0.5, 0.6) is 5.75 Å². The maximum atomic E-state index is 13.2. The Kier molecular flexibility index (Phi) is 7.71. The molecule has 2 aromatic heterocycles. The number of fused-ring (bicyclic) bond motifs is 1. The highest BCUT2D eigenvalue weighted by Crippen LogP contribution is 2.42. The Balaban J connectivity index is 1.46. The summed E-state index contributed by atoms with van der Waals surface area (Å²) >= 11 is 6.49. The summed E-state index contributed by atoms with van der Waals surface area (Å²) in [5, 5.41) is 25.3. The monoisotopic (exact) mass is 569 g/mol. The number of benzene rings is 2. The van der Waals surface area contributed by atoms with E-state index in [1.54, 1.807) is 26.6 Å². The zero-order chi connectivity index (χ0) is 27.7. The molecule has 1 fully saturated rings. The summed E-state index contributed by atoms with van der Waals surface area (Å²) < 4.78 is 19.0. The number of nitrogens with zero attached hydrogens (tertiary/aromatic N) is 4. The number of piperidine rings is 1. The topological polar surface area (TPSA) is 128 Å². The van der Waals surface area contributed by atoms with Crippen molar-refractivity contribution in [3.8, 4) is 5.75 Å². The molecule has 0 saturated carbocycles. The number of aromatic nitrogens is 4. The predicted molar refractivity (Wildman–Crippen MR) is 159 cm³/mol. The minimum absolute atomic E-state index is 0.238. The molecular weight excluding hydrogens is 537 g/mol. The van der Waals surface area contributed by atoms with Gasteiger partial charge in [0.05, 0.1) is 42.5 Å². The smallest absolute Gasteiger partial charge is 0.229 e. The van der Waals surface area contributed by atoms with Gasteiger partial charge in [-0.1, -0.05) is 18.5 Å². The van der Waals surface area contributed by atoms with Gasteiger partial charge in [-0.3, -0.25) is 5.10 Å². The number of methoxy groups -OCH3 is 1. The van der Waals surface area contributed by atoms with Gasteiger partial charge < -0.3 is 29.9 Å². The highest BCUT2D eigenvalue weighted by atomic mass is 35.5. The quantitative estimate of drug-likeness (QED) is 0.210. The van der Waals surface area contributed by atoms with E-state index in [-0.39, 0.29) is 6.10 Å². The van der Waals surface area contributed by atoms with Crippen LogP contribution in [-0.4, -0.2) is 64.9 Å². The maximum absolute atomic E-state index is 13.2. The average molecular weight is 570 g/mol. The average Bonchev–Trinajstić information content (AvgIpc) is 3.38. The van der Waals surface area contributed by atoms with E-state index in [0.717, 1.165) is 60.2 Å². The number of halogens is 1. The van der Waals surface area contributed by atoms with Crippen molar-refractivity contribution >= 4 is 63.8 Å². The van der Waals surface area contributed by atoms with Crippen molar-refractivity contribution in [2.24, 2.45) is 0 Å². The molecule has 0 atom stereocenters. The predicted octanol–water partition coefficient (Wildman–Crippen LogP) is 5.27. The molecule has 3 heterocycles. The van der Waals surface area contributed by atoms with Gasteiger partial charge in [0.25, 0.3) is 0 Å². The number of rotatable bonds is 8. The molecule has 206 valence electrons. The van der Waals surface area contributed by atoms with Gasteiger partial charge in [-0.05, 0) is 56.4 Å². The second kappa shape index (κ2) is 11.0. The molecule has 4 aromatic rings. The Labute approximate surface area is 232 Å². The van der Waals surface area contributed by atoms with Crippen LogP contribution >= 0.6 is 18.7 Å². The lowest BCUT2D eigenvalue weighted by atomic mass is 10.0. The van der Waals surface area contributed by atoms with Gasteiger partial charge in [-0.25, -0.2) is 4.98 Å². The SMILES string of the molecule is CCc1cc(Nc2ncc(Cl)c(Nc3ccc4[nH]ncc4c3P(C)(C)=O)n2)c(OC)cc1N1CCC(O)CC1. The molecule has 1 aliphatic rings. The van der Waals surface area contributed by atoms with Crippen LogP contribution in [0.15, 0.2) is 36.7 Å². The second-order valence-corrected chi connectivity index (χ2v) is 13.6. The normalized spacial score (nSPS) is 14.6. The molecule has 4 N–H and O–H groups in total. The van der Waals surface area contributed by atoms with Crippen LogP contribution in [0.2, 0.25) is 5.02 Å². The van der Waals surface area contributed by atoms with E-state index in [1.165, 1.54) is 6.20 Å². The molecule has 0 bridgehead atoms. The number of H-pyrrole nitrogens is 1. The van der Waals surface area contributed by atoms with Crippen LogP contribution in [0, 0.1) is 0 Å². The Morgan fingerprint density at radius 2 is 1.95 bits per heavy atom. The third kappa shape index (κ3) is 5.69. The standard InChI is InChI=1S/C27H33ClN7O3P/c1-5-16-12-22(24(38-2)13-23(16)35-10-8-17(36)9-11-35)32-27-29-15-19(28)26(33-27)31-21-7-6-20-18(14-30-34-20)25(21)39(3,4)37/h6-7,12-15,17,36H,5,8-11H2,1-4H3,(H,30,34)(H2,29,31,32,33). The number of anilines is 5. The molecule has 0 aliphatic carbocycles. The highest BCUT2D eigenvalue weighted by molar-refractivity contribution is 7.71. The zero-order valence-corrected chi connectivity index (χ0v) is 24.1. The Morgan fingerprint density at radius 1 is 1.18 bits per heavy atom. The van der Waals surface area contributed by atoms with Crippen LogP contribution in [0.25, 0.3) is 10.9 Å². The van der Waals surface area contributed by atoms with Crippen molar-refractivity contribution in [2.75, 3.05) is 49.1 Å². The van der Waals surface area contributed by atoms with E-state index in [9.17, 15) is 9.67 Å². The third-order valence-electron chi connectivity index (χ3n) is 6.96. The first-order valence-electron chi connectivity index (χ1n) is 12.9. The van der Waals surface area contributed by atoms with Crippen LogP contribution in [0.3, 0.4) is 0 Å². The Hall–Kier alpha value is -3.33. The van der Waals surface area contributed by atoms with Crippen LogP contribution in [-0.2, 0) is 11.0 Å². The summed E-state index contributed by atoms with van der Waals surface area (Å²) in [6.07, 6.45) is 5.29. The van der Waals surface area contributed by atoms with E-state index >= 15 is 0 Å². The fraction of sp³-hybridized carbons (Fsp3) is 0.370. The molecule has 0 unspecified atom stereocenters. The minimum Gasteiger partial charge on any atom is -0.494 e. The molecule has 1 aliphatic heterocycles. The number of aliphatic hydroxyl groups excluding tert-OH is 1. The zero-order valence-electron chi connectivity index (χ0n) is 22.5. The third-order valence-corrected chi connectivity index (χ3v) is 8.80. The number of hydrogen-bond donors (Lipinski definition) is 4. The van der Waals surface area contributed by atoms with E-state index < -0.39 is 7.14 Å². The van der Waals surface area contributed by atoms with Gasteiger partial charge in [0, 0.05) is 35.5 Å². The van der Waals surface area contributed by atoms with Crippen molar-refractivity contribution in [1.82, 2.24) is 20.2 Å². The number of hydrogen-bond acceptors (Lipinski definition) is 9. The van der Waals surface area contributed by atoms with Gasteiger partial charge in [0.15, 0.2) is 5.82 Å². The summed E-state index contributed by atoms with van der Waals surface area (Å²) in [5.41, 5.74) is 4.44. The first kappa shape index (κ1) is 27.2. The number of aliphatic hydroxyl groups is 1. The molecule has 2 aromatic carbocycles. The van der Waals surface area contributed by atoms with Gasteiger partial charge in [-0.15, -0.1) is 0 Å². The molecule has 0 amide bonds. The van der Waals surface area contributed by atoms with Crippen molar-refractivity contribution in [3.05, 3.63) is 47.2 Å². The van der Waals surface area contributed by atoms with Gasteiger partial charge >= 0.3 is 0 Å². The first-order valence-corrected chi connectivity index (χ1v) is 15.9. The Morgan fingerprint density at radius 3 is 2.64 bits per heavy atom. The molecule has 5 rings (SSSR count). The van der Waals surface area contributed by atoms with Crippen LogP contribution in [0.1, 0.15) is 25.3 Å². The summed E-state index contributed by atoms with van der Waals surface area (Å²) in [5.74, 6) is 1.37. The van der Waals surface area contributed by atoms with E-state index in [4.69, 9.17) is 16.3 Å². The number of nitrogens with one attached hydrogen (secondary N) is 3. The van der Waals surface area contributed by atoms with Crippen molar-refractivity contribution in [2.45, 2.75) is 32.3 Å². The Bertz CT molecular complexity index is 1550. The van der Waals surface area contributed by atoms with Crippen molar-refractivity contribution < 1.29 is 14.4 Å². The van der Waals surface area contributed by atoms with Gasteiger partial charge in [0.1, 0.15) is 17.9 Å². The summed E-state index contributed by atoms with van der Waals surface area (Å²) in [6.45, 7) is 7.16. The molecule has 0 spiro atoms. The van der Waals surface area contributed by atoms with E-state index in [1.807, 2.05) is 18.2 Å². The molecule has 39 heavy (non-hydrogen) atoms. The fourth-order valence-corrected chi connectivity index (χ4v) is 6.62. The van der Waals surface area contributed by atoms with Crippen LogP contribution < -0.4 is 25.6 Å². The summed E-state index contributed by atoms with van der Waals surface area (Å²) in [7, 11) is -1.05. The lowest BCUT2D eigenvalue weighted by Crippen LogP contribution is -2.36. The summed E-state index contributed by atoms with van der Waals surface area (Å²) in [4.78, 5) is 11.3. The summed E-state index contributed by atoms with van der Waals surface area (Å²) in [6, 6.07) is 7.80. The maximum Gasteiger partial charge on any atom is 0.229 e. The van der Waals surface area contributed by atoms with Gasteiger partial charge in [-0.2, -0.15) is 10.1 Å². The van der Waals surface area contributed by atoms with Crippen LogP contribution in [0.4, 0.5) is 28.8 Å². The molecular formula is C27H33ClN7O3P. The number of aryl methyl sites for hydroxylation is 1. The number of ether oxygens (including phenoxy) is 1. The molecule has 1 saturated heterocycles. The molecule has 12 heteroatoms. The first-order chi connectivity index (χ1) is 18.7. The van der Waals surface area contributed by atoms with Gasteiger partial charge in [0.2, 0.25) is 5.95 Å². The molecule has 0 radical (unpaired) electrons. The largest absolute Gasteiger partial charge is 0.494 e. The molecule has 10 nitrogen and oxygen atoms in total. The minimum atomic E-state index is -2.69. The lowest BCUT2D eigenvalue weighted by Gasteiger charge is -2.33. The van der Waals surface area contributed by atoms with Crippen molar-refractivity contribution in [3.63, 3.8) is 0 Å². The van der Waals surface area contributed by atoms with Crippen molar-refractivity contribution in [1.29, 1.82) is 0 Å². The fourth-order valence-electron chi connectivity index (χ4n) is 5.01. The highest BCUT2D eigenvalue weighted by Gasteiger charge is 2.23. The number of aromatic amines is 1. The second-order valence-electron chi connectivity index (χ2n) is 10.0. The van der Waals surface area contributed by atoms with E-state index in [2.05, 4.69) is 48.7 Å².